The number of rotatable bonds is 4. The van der Waals surface area contributed by atoms with Crippen molar-refractivity contribution in [1.29, 1.82) is 0 Å². The van der Waals surface area contributed by atoms with Crippen LogP contribution in [0.4, 0.5) is 0 Å². The molecular weight excluding hydrogens is 336 g/mol. The topological polar surface area (TPSA) is 82.7 Å². The van der Waals surface area contributed by atoms with Crippen LogP contribution in [0.25, 0.3) is 11.1 Å². The van der Waals surface area contributed by atoms with E-state index in [0.29, 0.717) is 35.8 Å². The predicted octanol–water partition coefficient (Wildman–Crippen LogP) is 2.24. The second kappa shape index (κ2) is 6.59. The van der Waals surface area contributed by atoms with Gasteiger partial charge < -0.3 is 19.2 Å². The Hall–Kier alpha value is -3.22. The van der Waals surface area contributed by atoms with E-state index in [1.807, 2.05) is 25.1 Å². The summed E-state index contributed by atoms with van der Waals surface area (Å²) in [5.41, 5.74) is 1.96. The second-order valence-corrected chi connectivity index (χ2v) is 6.11. The minimum atomic E-state index is -0.548. The van der Waals surface area contributed by atoms with Crippen LogP contribution >= 0.6 is 0 Å². The maximum atomic E-state index is 12.4. The third-order valence-electron chi connectivity index (χ3n) is 4.32. The minimum absolute atomic E-state index is 0.106. The second-order valence-electron chi connectivity index (χ2n) is 6.11. The Kier molecular flexibility index (Phi) is 4.12. The fourth-order valence-corrected chi connectivity index (χ4v) is 3.01. The first-order valence-electron chi connectivity index (χ1n) is 8.39. The van der Waals surface area contributed by atoms with Crippen molar-refractivity contribution in [2.24, 2.45) is 0 Å². The molecule has 0 bridgehead atoms. The van der Waals surface area contributed by atoms with Gasteiger partial charge in [-0.05, 0) is 36.8 Å². The van der Waals surface area contributed by atoms with Gasteiger partial charge in [-0.3, -0.25) is 9.36 Å². The highest BCUT2D eigenvalue weighted by Crippen LogP contribution is 2.32. The number of carbonyl (C=O) groups is 1. The van der Waals surface area contributed by atoms with Crippen LogP contribution in [0.2, 0.25) is 0 Å². The maximum absolute atomic E-state index is 12.4. The number of fused-ring (bicyclic) bond motifs is 2. The number of nitrogens with one attached hydrogen (secondary N) is 1. The number of para-hydroxylation sites is 2. The molecule has 0 spiro atoms. The molecule has 0 radical (unpaired) electrons. The molecule has 7 heteroatoms. The minimum Gasteiger partial charge on any atom is -0.486 e. The van der Waals surface area contributed by atoms with E-state index in [9.17, 15) is 9.59 Å². The van der Waals surface area contributed by atoms with Crippen molar-refractivity contribution >= 4 is 17.0 Å². The van der Waals surface area contributed by atoms with Crippen LogP contribution in [0.15, 0.2) is 51.7 Å². The highest BCUT2D eigenvalue weighted by molar-refractivity contribution is 5.79. The zero-order valence-electron chi connectivity index (χ0n) is 14.2. The molecule has 1 N–H and O–H groups in total. The van der Waals surface area contributed by atoms with Gasteiger partial charge in [0.25, 0.3) is 0 Å². The molecule has 2 aromatic carbocycles. The number of hydrogen-bond donors (Lipinski definition) is 1. The van der Waals surface area contributed by atoms with Crippen molar-refractivity contribution in [2.45, 2.75) is 19.5 Å². The summed E-state index contributed by atoms with van der Waals surface area (Å²) in [6.07, 6.45) is 0. The molecule has 0 unspecified atom stereocenters. The lowest BCUT2D eigenvalue weighted by Crippen LogP contribution is -2.32. The Bertz CT molecular complexity index is 1020. The fourth-order valence-electron chi connectivity index (χ4n) is 3.01. The molecular formula is C19H18N2O5. The number of oxazole rings is 1. The first-order valence-corrected chi connectivity index (χ1v) is 8.39. The largest absolute Gasteiger partial charge is 0.486 e. The molecule has 1 atom stereocenters. The highest BCUT2D eigenvalue weighted by atomic mass is 16.6. The lowest BCUT2D eigenvalue weighted by atomic mass is 10.1. The van der Waals surface area contributed by atoms with E-state index in [2.05, 4.69) is 5.32 Å². The van der Waals surface area contributed by atoms with Gasteiger partial charge in [0.05, 0.1) is 11.6 Å². The lowest BCUT2D eigenvalue weighted by Gasteiger charge is -2.21. The number of hydrogen-bond acceptors (Lipinski definition) is 5. The van der Waals surface area contributed by atoms with Crippen LogP contribution in [0.3, 0.4) is 0 Å². The summed E-state index contributed by atoms with van der Waals surface area (Å²) in [6.45, 7) is 2.81. The van der Waals surface area contributed by atoms with E-state index in [1.165, 1.54) is 4.57 Å². The van der Waals surface area contributed by atoms with Gasteiger partial charge in [0, 0.05) is 0 Å². The quantitative estimate of drug-likeness (QED) is 0.777. The van der Waals surface area contributed by atoms with Crippen LogP contribution in [-0.4, -0.2) is 23.7 Å². The molecule has 1 aliphatic rings. The average Bonchev–Trinajstić information content (AvgIpc) is 2.96. The van der Waals surface area contributed by atoms with Crippen LogP contribution in [0.1, 0.15) is 18.5 Å². The lowest BCUT2D eigenvalue weighted by molar-refractivity contribution is -0.122. The molecule has 1 amide bonds. The van der Waals surface area contributed by atoms with E-state index in [4.69, 9.17) is 13.9 Å². The summed E-state index contributed by atoms with van der Waals surface area (Å²) in [5.74, 6) is 0.552. The van der Waals surface area contributed by atoms with E-state index in [-0.39, 0.29) is 18.5 Å². The van der Waals surface area contributed by atoms with Gasteiger partial charge in [-0.2, -0.15) is 0 Å². The number of amides is 1. The number of aromatic nitrogens is 1. The normalized spacial score (nSPS) is 14.2. The molecule has 134 valence electrons. The number of ether oxygens (including phenoxy) is 2. The predicted molar refractivity (Wildman–Crippen MR) is 94.5 cm³/mol. The third-order valence-corrected chi connectivity index (χ3v) is 4.32. The van der Waals surface area contributed by atoms with Gasteiger partial charge in [0.15, 0.2) is 17.1 Å². The molecule has 0 saturated heterocycles. The standard InChI is InChI=1S/C19H18N2O5/c1-12(13-6-7-16-17(10-13)25-9-8-24-16)20-18(22)11-21-14-4-2-3-5-15(14)26-19(21)23/h2-7,10,12H,8-9,11H2,1H3,(H,20,22)/t12-/m0/s1. The summed E-state index contributed by atoms with van der Waals surface area (Å²) < 4.78 is 17.5. The maximum Gasteiger partial charge on any atom is 0.420 e. The number of benzene rings is 2. The first-order chi connectivity index (χ1) is 12.6. The fraction of sp³-hybridized carbons (Fsp3) is 0.263. The Balaban J connectivity index is 1.49. The summed E-state index contributed by atoms with van der Waals surface area (Å²) in [7, 11) is 0. The molecule has 26 heavy (non-hydrogen) atoms. The van der Waals surface area contributed by atoms with Gasteiger partial charge in [-0.25, -0.2) is 4.79 Å². The molecule has 3 aromatic rings. The molecule has 4 rings (SSSR count). The molecule has 2 heterocycles. The van der Waals surface area contributed by atoms with Crippen LogP contribution in [0.5, 0.6) is 11.5 Å². The van der Waals surface area contributed by atoms with Gasteiger partial charge in [0.2, 0.25) is 5.91 Å². The first kappa shape index (κ1) is 16.3. The SMILES string of the molecule is C[C@H](NC(=O)Cn1c(=O)oc2ccccc21)c1ccc2c(c1)OCCO2. The zero-order chi connectivity index (χ0) is 18.1. The molecule has 0 fully saturated rings. The molecule has 7 nitrogen and oxygen atoms in total. The van der Waals surface area contributed by atoms with Gasteiger partial charge in [-0.15, -0.1) is 0 Å². The van der Waals surface area contributed by atoms with Crippen molar-refractivity contribution in [1.82, 2.24) is 9.88 Å². The summed E-state index contributed by atoms with van der Waals surface area (Å²) >= 11 is 0. The van der Waals surface area contributed by atoms with Gasteiger partial charge >= 0.3 is 5.76 Å². The van der Waals surface area contributed by atoms with E-state index >= 15 is 0 Å². The molecule has 0 saturated carbocycles. The van der Waals surface area contributed by atoms with Crippen molar-refractivity contribution in [3.63, 3.8) is 0 Å². The van der Waals surface area contributed by atoms with Gasteiger partial charge in [0.1, 0.15) is 19.8 Å². The summed E-state index contributed by atoms with van der Waals surface area (Å²) in [4.78, 5) is 24.4. The monoisotopic (exact) mass is 354 g/mol. The zero-order valence-corrected chi connectivity index (χ0v) is 14.2. The number of carbonyl (C=O) groups excluding carboxylic acids is 1. The molecule has 1 aromatic heterocycles. The highest BCUT2D eigenvalue weighted by Gasteiger charge is 2.17. The summed E-state index contributed by atoms with van der Waals surface area (Å²) in [5, 5.41) is 2.90. The van der Waals surface area contributed by atoms with Crippen molar-refractivity contribution in [3.05, 3.63) is 58.6 Å². The van der Waals surface area contributed by atoms with Crippen LogP contribution < -0.4 is 20.5 Å². The molecule has 0 aliphatic carbocycles. The van der Waals surface area contributed by atoms with Crippen molar-refractivity contribution in [2.75, 3.05) is 13.2 Å². The Labute approximate surface area is 149 Å². The van der Waals surface area contributed by atoms with E-state index in [1.54, 1.807) is 24.3 Å². The Morgan fingerprint density at radius 3 is 2.77 bits per heavy atom. The van der Waals surface area contributed by atoms with E-state index in [0.717, 1.165) is 5.56 Å². The van der Waals surface area contributed by atoms with Crippen LogP contribution in [0, 0.1) is 0 Å². The van der Waals surface area contributed by atoms with Gasteiger partial charge in [-0.1, -0.05) is 18.2 Å². The van der Waals surface area contributed by atoms with Crippen molar-refractivity contribution in [3.8, 4) is 11.5 Å². The smallest absolute Gasteiger partial charge is 0.420 e. The Morgan fingerprint density at radius 2 is 1.92 bits per heavy atom. The Morgan fingerprint density at radius 1 is 1.15 bits per heavy atom. The average molecular weight is 354 g/mol. The molecule has 1 aliphatic heterocycles. The van der Waals surface area contributed by atoms with E-state index < -0.39 is 5.76 Å². The third kappa shape index (κ3) is 3.03. The van der Waals surface area contributed by atoms with Crippen LogP contribution in [-0.2, 0) is 11.3 Å². The number of nitrogens with zero attached hydrogens (tertiary/aromatic N) is 1. The van der Waals surface area contributed by atoms with Crippen molar-refractivity contribution < 1.29 is 18.7 Å². The summed E-state index contributed by atoms with van der Waals surface area (Å²) in [6, 6.07) is 12.4.